The van der Waals surface area contributed by atoms with Crippen LogP contribution in [0.1, 0.15) is 12.5 Å². The van der Waals surface area contributed by atoms with Gasteiger partial charge in [-0.2, -0.15) is 0 Å². The van der Waals surface area contributed by atoms with Gasteiger partial charge in [-0.1, -0.05) is 6.07 Å². The molecule has 0 bridgehead atoms. The molecule has 4 heteroatoms. The number of H-pyrrole nitrogens is 1. The quantitative estimate of drug-likeness (QED) is 0.817. The number of fused-ring (bicyclic) bond motifs is 1. The SMILES string of the molecule is CCOC(=O)Cc1ccc2[nH]ccc(=O)c2c1. The second kappa shape index (κ2) is 4.82. The predicted octanol–water partition coefficient (Wildman–Crippen LogP) is 1.63. The van der Waals surface area contributed by atoms with Gasteiger partial charge in [0.05, 0.1) is 13.0 Å². The third-order valence-corrected chi connectivity index (χ3v) is 2.48. The molecule has 1 aromatic heterocycles. The summed E-state index contributed by atoms with van der Waals surface area (Å²) in [5.41, 5.74) is 1.50. The molecule has 0 aliphatic rings. The van der Waals surface area contributed by atoms with Crippen molar-refractivity contribution < 1.29 is 9.53 Å². The Kier molecular flexibility index (Phi) is 3.23. The Morgan fingerprint density at radius 1 is 1.35 bits per heavy atom. The first kappa shape index (κ1) is 11.4. The van der Waals surface area contributed by atoms with Crippen molar-refractivity contribution in [1.29, 1.82) is 0 Å². The highest BCUT2D eigenvalue weighted by atomic mass is 16.5. The molecule has 0 aliphatic carbocycles. The number of pyridine rings is 1. The number of nitrogens with one attached hydrogen (secondary N) is 1. The molecule has 0 spiro atoms. The van der Waals surface area contributed by atoms with Crippen LogP contribution in [0.5, 0.6) is 0 Å². The first-order valence-electron chi connectivity index (χ1n) is 5.46. The van der Waals surface area contributed by atoms with E-state index in [0.29, 0.717) is 12.0 Å². The van der Waals surface area contributed by atoms with Crippen molar-refractivity contribution >= 4 is 16.9 Å². The summed E-state index contributed by atoms with van der Waals surface area (Å²) in [6, 6.07) is 6.81. The van der Waals surface area contributed by atoms with Crippen LogP contribution < -0.4 is 5.43 Å². The van der Waals surface area contributed by atoms with E-state index in [1.807, 2.05) is 6.07 Å². The number of hydrogen-bond donors (Lipinski definition) is 1. The summed E-state index contributed by atoms with van der Waals surface area (Å²) >= 11 is 0. The lowest BCUT2D eigenvalue weighted by molar-refractivity contribution is -0.142. The van der Waals surface area contributed by atoms with Crippen molar-refractivity contribution in [2.45, 2.75) is 13.3 Å². The number of aromatic amines is 1. The fourth-order valence-corrected chi connectivity index (χ4v) is 1.71. The summed E-state index contributed by atoms with van der Waals surface area (Å²) in [5.74, 6) is -0.279. The second-order valence-corrected chi connectivity index (χ2v) is 3.70. The van der Waals surface area contributed by atoms with Crippen LogP contribution in [-0.4, -0.2) is 17.6 Å². The van der Waals surface area contributed by atoms with Crippen molar-refractivity contribution in [3.8, 4) is 0 Å². The lowest BCUT2D eigenvalue weighted by Gasteiger charge is -2.03. The van der Waals surface area contributed by atoms with Crippen LogP contribution in [0, 0.1) is 0 Å². The number of esters is 1. The van der Waals surface area contributed by atoms with Crippen molar-refractivity contribution in [3.63, 3.8) is 0 Å². The zero-order chi connectivity index (χ0) is 12.3. The molecule has 0 unspecified atom stereocenters. The van der Waals surface area contributed by atoms with Gasteiger partial charge in [-0.25, -0.2) is 0 Å². The summed E-state index contributed by atoms with van der Waals surface area (Å²) in [4.78, 5) is 25.9. The van der Waals surface area contributed by atoms with E-state index in [1.54, 1.807) is 25.3 Å². The Labute approximate surface area is 98.2 Å². The molecular formula is C13H13NO3. The standard InChI is InChI=1S/C13H13NO3/c1-2-17-13(16)8-9-3-4-11-10(7-9)12(15)5-6-14-11/h3-7H,2,8H2,1H3,(H,14,15). The Hall–Kier alpha value is -2.10. The molecule has 17 heavy (non-hydrogen) atoms. The molecule has 0 radical (unpaired) electrons. The minimum atomic E-state index is -0.279. The van der Waals surface area contributed by atoms with Crippen molar-refractivity contribution in [3.05, 3.63) is 46.2 Å². The van der Waals surface area contributed by atoms with Crippen molar-refractivity contribution in [2.24, 2.45) is 0 Å². The van der Waals surface area contributed by atoms with E-state index in [2.05, 4.69) is 4.98 Å². The van der Waals surface area contributed by atoms with Crippen LogP contribution in [0.2, 0.25) is 0 Å². The minimum Gasteiger partial charge on any atom is -0.466 e. The van der Waals surface area contributed by atoms with E-state index in [0.717, 1.165) is 11.1 Å². The molecule has 1 heterocycles. The normalized spacial score (nSPS) is 10.4. The van der Waals surface area contributed by atoms with E-state index < -0.39 is 0 Å². The zero-order valence-corrected chi connectivity index (χ0v) is 9.53. The molecule has 2 aromatic rings. The van der Waals surface area contributed by atoms with Gasteiger partial charge in [-0.05, 0) is 24.6 Å². The summed E-state index contributed by atoms with van der Waals surface area (Å²) in [5, 5.41) is 0.592. The molecule has 2 rings (SSSR count). The summed E-state index contributed by atoms with van der Waals surface area (Å²) < 4.78 is 4.86. The van der Waals surface area contributed by atoms with E-state index in [-0.39, 0.29) is 17.8 Å². The Morgan fingerprint density at radius 2 is 2.18 bits per heavy atom. The van der Waals surface area contributed by atoms with Crippen LogP contribution in [0.25, 0.3) is 10.9 Å². The number of aromatic nitrogens is 1. The lowest BCUT2D eigenvalue weighted by atomic mass is 10.1. The summed E-state index contributed by atoms with van der Waals surface area (Å²) in [6.45, 7) is 2.13. The average molecular weight is 231 g/mol. The highest BCUT2D eigenvalue weighted by Gasteiger charge is 2.05. The fraction of sp³-hybridized carbons (Fsp3) is 0.231. The third kappa shape index (κ3) is 2.53. The number of benzene rings is 1. The van der Waals surface area contributed by atoms with Crippen molar-refractivity contribution in [2.75, 3.05) is 6.61 Å². The van der Waals surface area contributed by atoms with E-state index in [4.69, 9.17) is 4.74 Å². The first-order chi connectivity index (χ1) is 8.20. The van der Waals surface area contributed by atoms with E-state index in [1.165, 1.54) is 6.07 Å². The van der Waals surface area contributed by atoms with Crippen LogP contribution in [0.4, 0.5) is 0 Å². The van der Waals surface area contributed by atoms with Crippen LogP contribution in [0.15, 0.2) is 35.3 Å². The third-order valence-electron chi connectivity index (χ3n) is 2.48. The molecule has 0 saturated carbocycles. The first-order valence-corrected chi connectivity index (χ1v) is 5.46. The molecule has 0 atom stereocenters. The molecule has 0 amide bonds. The number of carbonyl (C=O) groups excluding carboxylic acids is 1. The van der Waals surface area contributed by atoms with Gasteiger partial charge in [0.1, 0.15) is 0 Å². The Morgan fingerprint density at radius 3 is 2.94 bits per heavy atom. The van der Waals surface area contributed by atoms with Crippen LogP contribution in [-0.2, 0) is 16.0 Å². The maximum Gasteiger partial charge on any atom is 0.310 e. The van der Waals surface area contributed by atoms with Crippen molar-refractivity contribution in [1.82, 2.24) is 4.98 Å². The van der Waals surface area contributed by atoms with Gasteiger partial charge in [0.2, 0.25) is 0 Å². The van der Waals surface area contributed by atoms with Gasteiger partial charge in [0, 0.05) is 23.2 Å². The number of hydrogen-bond acceptors (Lipinski definition) is 3. The highest BCUT2D eigenvalue weighted by Crippen LogP contribution is 2.10. The van der Waals surface area contributed by atoms with Gasteiger partial charge in [0.25, 0.3) is 0 Å². The average Bonchev–Trinajstić information content (AvgIpc) is 2.30. The number of carbonyl (C=O) groups is 1. The van der Waals surface area contributed by atoms with E-state index >= 15 is 0 Å². The summed E-state index contributed by atoms with van der Waals surface area (Å²) in [6.07, 6.45) is 1.80. The van der Waals surface area contributed by atoms with Gasteiger partial charge >= 0.3 is 5.97 Å². The largest absolute Gasteiger partial charge is 0.466 e. The fourth-order valence-electron chi connectivity index (χ4n) is 1.71. The topological polar surface area (TPSA) is 59.2 Å². The van der Waals surface area contributed by atoms with E-state index in [9.17, 15) is 9.59 Å². The predicted molar refractivity (Wildman–Crippen MR) is 64.9 cm³/mol. The monoisotopic (exact) mass is 231 g/mol. The Balaban J connectivity index is 2.34. The lowest BCUT2D eigenvalue weighted by Crippen LogP contribution is -2.08. The summed E-state index contributed by atoms with van der Waals surface area (Å²) in [7, 11) is 0. The molecule has 1 aromatic carbocycles. The van der Waals surface area contributed by atoms with Crippen LogP contribution in [0.3, 0.4) is 0 Å². The molecule has 0 aliphatic heterocycles. The zero-order valence-electron chi connectivity index (χ0n) is 9.53. The van der Waals surface area contributed by atoms with Gasteiger partial charge in [-0.15, -0.1) is 0 Å². The maximum absolute atomic E-state index is 11.6. The van der Waals surface area contributed by atoms with Gasteiger partial charge < -0.3 is 9.72 Å². The smallest absolute Gasteiger partial charge is 0.310 e. The minimum absolute atomic E-state index is 0.0514. The number of ether oxygens (including phenoxy) is 1. The Bertz CT molecular complexity index is 601. The highest BCUT2D eigenvalue weighted by molar-refractivity contribution is 5.81. The van der Waals surface area contributed by atoms with Gasteiger partial charge in [0.15, 0.2) is 5.43 Å². The molecule has 0 fully saturated rings. The van der Waals surface area contributed by atoms with Gasteiger partial charge in [-0.3, -0.25) is 9.59 Å². The molecule has 0 saturated heterocycles. The van der Waals surface area contributed by atoms with Crippen LogP contribution >= 0.6 is 0 Å². The number of rotatable bonds is 3. The maximum atomic E-state index is 11.6. The molecule has 1 N–H and O–H groups in total. The molecular weight excluding hydrogens is 218 g/mol. The molecule has 88 valence electrons. The second-order valence-electron chi connectivity index (χ2n) is 3.70. The molecule has 4 nitrogen and oxygen atoms in total.